The van der Waals surface area contributed by atoms with E-state index in [9.17, 15) is 9.59 Å². The Bertz CT molecular complexity index is 980. The number of hydrogen-bond donors (Lipinski definition) is 0. The molecule has 0 N–H and O–H groups in total. The summed E-state index contributed by atoms with van der Waals surface area (Å²) >= 11 is 0. The lowest BCUT2D eigenvalue weighted by Crippen LogP contribution is -2.59. The largest absolute Gasteiger partial charge is 0.493 e. The lowest BCUT2D eigenvalue weighted by molar-refractivity contribution is -0.154. The van der Waals surface area contributed by atoms with Gasteiger partial charge in [-0.05, 0) is 35.2 Å². The lowest BCUT2D eigenvalue weighted by Gasteiger charge is -2.38. The summed E-state index contributed by atoms with van der Waals surface area (Å²) in [6.07, 6.45) is 6.10. The van der Waals surface area contributed by atoms with E-state index in [2.05, 4.69) is 6.92 Å². The molecule has 0 radical (unpaired) electrons. The van der Waals surface area contributed by atoms with E-state index in [1.54, 1.807) is 38.2 Å². The molecule has 0 aromatic heterocycles. The zero-order chi connectivity index (χ0) is 25.4. The Hall–Kier alpha value is -3.22. The van der Waals surface area contributed by atoms with Crippen LogP contribution in [0.15, 0.2) is 36.4 Å². The van der Waals surface area contributed by atoms with E-state index in [4.69, 9.17) is 14.2 Å². The topological polar surface area (TPSA) is 68.3 Å². The highest BCUT2D eigenvalue weighted by Gasteiger charge is 2.36. The average molecular weight is 483 g/mol. The molecule has 190 valence electrons. The molecule has 2 aromatic carbocycles. The van der Waals surface area contributed by atoms with Crippen LogP contribution in [0.2, 0.25) is 0 Å². The van der Waals surface area contributed by atoms with Crippen molar-refractivity contribution in [2.45, 2.75) is 51.5 Å². The summed E-state index contributed by atoms with van der Waals surface area (Å²) in [4.78, 5) is 29.1. The highest BCUT2D eigenvalue weighted by molar-refractivity contribution is 5.95. The van der Waals surface area contributed by atoms with E-state index in [0.29, 0.717) is 30.2 Å². The van der Waals surface area contributed by atoms with Gasteiger partial charge in [-0.3, -0.25) is 9.59 Å². The van der Waals surface area contributed by atoms with Gasteiger partial charge in [-0.15, -0.1) is 0 Å². The van der Waals surface area contributed by atoms with Crippen LogP contribution < -0.4 is 14.2 Å². The van der Waals surface area contributed by atoms with E-state index in [1.165, 1.54) is 19.3 Å². The first kappa shape index (κ1) is 26.4. The first-order valence-corrected chi connectivity index (χ1v) is 12.4. The van der Waals surface area contributed by atoms with Gasteiger partial charge in [0.2, 0.25) is 17.6 Å². The number of ether oxygens (including phenoxy) is 3. The van der Waals surface area contributed by atoms with Gasteiger partial charge in [0.15, 0.2) is 11.5 Å². The van der Waals surface area contributed by atoms with Crippen molar-refractivity contribution < 1.29 is 23.8 Å². The zero-order valence-corrected chi connectivity index (χ0v) is 21.6. The van der Waals surface area contributed by atoms with E-state index in [0.717, 1.165) is 29.5 Å². The van der Waals surface area contributed by atoms with Crippen LogP contribution in [0.25, 0.3) is 11.1 Å². The normalized spacial score (nSPS) is 16.0. The van der Waals surface area contributed by atoms with Crippen LogP contribution in [0.3, 0.4) is 0 Å². The molecule has 0 spiro atoms. The van der Waals surface area contributed by atoms with Crippen molar-refractivity contribution in [2.24, 2.45) is 0 Å². The van der Waals surface area contributed by atoms with Crippen LogP contribution in [-0.2, 0) is 16.0 Å². The molecule has 1 aliphatic heterocycles. The van der Waals surface area contributed by atoms with E-state index in [1.807, 2.05) is 36.4 Å². The third-order valence-electron chi connectivity index (χ3n) is 6.70. The molecule has 1 saturated heterocycles. The van der Waals surface area contributed by atoms with Crippen molar-refractivity contribution in [2.75, 3.05) is 41.5 Å². The number of carbonyl (C=O) groups is 2. The van der Waals surface area contributed by atoms with Gasteiger partial charge in [0, 0.05) is 20.0 Å². The first-order chi connectivity index (χ1) is 16.9. The summed E-state index contributed by atoms with van der Waals surface area (Å²) in [7, 11) is 6.50. The third-order valence-corrected chi connectivity index (χ3v) is 6.70. The molecule has 0 bridgehead atoms. The van der Waals surface area contributed by atoms with Gasteiger partial charge in [-0.1, -0.05) is 56.9 Å². The van der Waals surface area contributed by atoms with Crippen molar-refractivity contribution >= 4 is 11.8 Å². The number of rotatable bonds is 12. The van der Waals surface area contributed by atoms with E-state index in [-0.39, 0.29) is 18.4 Å². The summed E-state index contributed by atoms with van der Waals surface area (Å²) in [6, 6.07) is 11.4. The van der Waals surface area contributed by atoms with Crippen LogP contribution in [0.5, 0.6) is 17.2 Å². The van der Waals surface area contributed by atoms with Gasteiger partial charge in [-0.2, -0.15) is 0 Å². The van der Waals surface area contributed by atoms with Gasteiger partial charge < -0.3 is 24.0 Å². The Labute approximate surface area is 209 Å². The summed E-state index contributed by atoms with van der Waals surface area (Å²) in [6.45, 7) is 3.02. The first-order valence-electron chi connectivity index (χ1n) is 12.4. The number of unbranched alkanes of at least 4 members (excludes halogenated alkanes) is 4. The molecule has 1 heterocycles. The molecule has 2 aromatic rings. The van der Waals surface area contributed by atoms with Crippen LogP contribution in [0.1, 0.15) is 44.6 Å². The quantitative estimate of drug-likeness (QED) is 0.415. The summed E-state index contributed by atoms with van der Waals surface area (Å²) in [5.74, 6) is 1.77. The molecule has 0 saturated carbocycles. The number of likely N-dealkylation sites (N-methyl/N-ethyl adjacent to an activating group) is 1. The molecule has 0 unspecified atom stereocenters. The number of amides is 2. The maximum Gasteiger partial charge on any atom is 0.246 e. The fraction of sp³-hybridized carbons (Fsp3) is 0.500. The standard InChI is InChI=1S/C28H38N2O5/c1-6-7-8-9-10-15-30-19-26(31)29(2)23(28(30)32)16-20-11-13-21(14-12-20)22-17-24(33-3)27(35-5)25(18-22)34-4/h11-14,17-18,23H,6-10,15-16,19H2,1-5H3/t23-/m0/s1. The number of methoxy groups -OCH3 is 3. The minimum atomic E-state index is -0.473. The molecule has 1 fully saturated rings. The highest BCUT2D eigenvalue weighted by atomic mass is 16.5. The van der Waals surface area contributed by atoms with E-state index >= 15 is 0 Å². The number of carbonyl (C=O) groups excluding carboxylic acids is 2. The van der Waals surface area contributed by atoms with Crippen LogP contribution in [-0.4, -0.2) is 69.1 Å². The highest BCUT2D eigenvalue weighted by Crippen LogP contribution is 2.41. The Morgan fingerprint density at radius 1 is 0.857 bits per heavy atom. The molecular weight excluding hydrogens is 444 g/mol. The Kier molecular flexibility index (Phi) is 9.40. The summed E-state index contributed by atoms with van der Waals surface area (Å²) < 4.78 is 16.4. The van der Waals surface area contributed by atoms with Crippen LogP contribution in [0.4, 0.5) is 0 Å². The number of hydrogen-bond acceptors (Lipinski definition) is 5. The van der Waals surface area contributed by atoms with Gasteiger partial charge in [0.1, 0.15) is 6.04 Å². The van der Waals surface area contributed by atoms with Crippen molar-refractivity contribution in [3.8, 4) is 28.4 Å². The Morgan fingerprint density at radius 3 is 2.06 bits per heavy atom. The maximum atomic E-state index is 13.2. The summed E-state index contributed by atoms with van der Waals surface area (Å²) in [5, 5.41) is 0. The maximum absolute atomic E-state index is 13.2. The van der Waals surface area contributed by atoms with Crippen LogP contribution in [0, 0.1) is 0 Å². The summed E-state index contributed by atoms with van der Waals surface area (Å²) in [5.41, 5.74) is 2.92. The predicted molar refractivity (Wildman–Crippen MR) is 137 cm³/mol. The van der Waals surface area contributed by atoms with Crippen molar-refractivity contribution in [1.82, 2.24) is 9.80 Å². The molecule has 1 atom stereocenters. The predicted octanol–water partition coefficient (Wildman–Crippen LogP) is 4.56. The van der Waals surface area contributed by atoms with Crippen molar-refractivity contribution in [3.63, 3.8) is 0 Å². The minimum Gasteiger partial charge on any atom is -0.493 e. The van der Waals surface area contributed by atoms with Gasteiger partial charge in [-0.25, -0.2) is 0 Å². The van der Waals surface area contributed by atoms with Crippen molar-refractivity contribution in [1.29, 1.82) is 0 Å². The second-order valence-electron chi connectivity index (χ2n) is 9.01. The lowest BCUT2D eigenvalue weighted by atomic mass is 9.98. The monoisotopic (exact) mass is 482 g/mol. The second kappa shape index (κ2) is 12.5. The Balaban J connectivity index is 1.72. The number of nitrogens with zero attached hydrogens (tertiary/aromatic N) is 2. The van der Waals surface area contributed by atoms with Crippen molar-refractivity contribution in [3.05, 3.63) is 42.0 Å². The average Bonchev–Trinajstić information content (AvgIpc) is 2.88. The van der Waals surface area contributed by atoms with E-state index < -0.39 is 6.04 Å². The third kappa shape index (κ3) is 6.27. The fourth-order valence-corrected chi connectivity index (χ4v) is 4.53. The number of piperazine rings is 1. The number of benzene rings is 2. The SMILES string of the molecule is CCCCCCCN1CC(=O)N(C)[C@@H](Cc2ccc(-c3cc(OC)c(OC)c(OC)c3)cc2)C1=O. The molecule has 7 heteroatoms. The van der Waals surface area contributed by atoms with Crippen LogP contribution >= 0.6 is 0 Å². The second-order valence-corrected chi connectivity index (χ2v) is 9.01. The molecule has 2 amide bonds. The molecule has 0 aliphatic carbocycles. The molecule has 7 nitrogen and oxygen atoms in total. The zero-order valence-electron chi connectivity index (χ0n) is 21.6. The molecule has 3 rings (SSSR count). The fourth-order valence-electron chi connectivity index (χ4n) is 4.53. The molecule has 1 aliphatic rings. The Morgan fingerprint density at radius 2 is 1.49 bits per heavy atom. The van der Waals surface area contributed by atoms with Gasteiger partial charge >= 0.3 is 0 Å². The van der Waals surface area contributed by atoms with Gasteiger partial charge in [0.25, 0.3) is 0 Å². The molecule has 35 heavy (non-hydrogen) atoms. The van der Waals surface area contributed by atoms with Gasteiger partial charge in [0.05, 0.1) is 27.9 Å². The smallest absolute Gasteiger partial charge is 0.246 e. The minimum absolute atomic E-state index is 0.00259. The molecular formula is C28H38N2O5.